The second-order valence-electron chi connectivity index (χ2n) is 7.15. The number of hydrogen-bond donors (Lipinski definition) is 1. The first-order valence-corrected chi connectivity index (χ1v) is 8.88. The van der Waals surface area contributed by atoms with Crippen LogP contribution in [0, 0.1) is 25.2 Å². The van der Waals surface area contributed by atoms with Crippen molar-refractivity contribution >= 4 is 11.0 Å². The molecule has 3 heterocycles. The maximum atomic E-state index is 8.59. The zero-order chi connectivity index (χ0) is 17.3. The quantitative estimate of drug-likeness (QED) is 0.911. The highest BCUT2D eigenvalue weighted by Gasteiger charge is 2.17. The third-order valence-electron chi connectivity index (χ3n) is 4.95. The van der Waals surface area contributed by atoms with Crippen molar-refractivity contribution in [3.8, 4) is 0 Å². The first kappa shape index (κ1) is 17.2. The lowest BCUT2D eigenvalue weighted by Gasteiger charge is -2.26. The third kappa shape index (κ3) is 3.26. The summed E-state index contributed by atoms with van der Waals surface area (Å²) in [6.45, 7) is 15.0. The largest absolute Gasteiger partial charge is 0.379 e. The second-order valence-corrected chi connectivity index (χ2v) is 7.15. The minimum absolute atomic E-state index is 0.503. The van der Waals surface area contributed by atoms with Gasteiger partial charge < -0.3 is 13.9 Å². The van der Waals surface area contributed by atoms with Crippen LogP contribution in [0.2, 0.25) is 0 Å². The number of aromatic nitrogens is 3. The van der Waals surface area contributed by atoms with E-state index in [9.17, 15) is 0 Å². The molecular formula is C18H29N5O. The molecule has 0 aliphatic carbocycles. The lowest BCUT2D eigenvalue weighted by molar-refractivity contribution is 0.0364. The molecule has 1 aliphatic heterocycles. The molecule has 2 aromatic heterocycles. The fourth-order valence-electron chi connectivity index (χ4n) is 3.46. The van der Waals surface area contributed by atoms with Gasteiger partial charge in [-0.05, 0) is 25.3 Å². The Hall–Kier alpha value is -1.66. The fourth-order valence-corrected chi connectivity index (χ4v) is 3.46. The van der Waals surface area contributed by atoms with Crippen molar-refractivity contribution in [2.45, 2.75) is 40.8 Å². The summed E-state index contributed by atoms with van der Waals surface area (Å²) >= 11 is 0. The molecule has 0 amide bonds. The Morgan fingerprint density at radius 2 is 1.92 bits per heavy atom. The van der Waals surface area contributed by atoms with E-state index in [1.54, 1.807) is 0 Å². The highest BCUT2D eigenvalue weighted by atomic mass is 16.5. The van der Waals surface area contributed by atoms with E-state index in [4.69, 9.17) is 15.1 Å². The van der Waals surface area contributed by atoms with E-state index >= 15 is 0 Å². The summed E-state index contributed by atoms with van der Waals surface area (Å²) < 4.78 is 9.66. The number of nitrogens with zero attached hydrogens (tertiary/aromatic N) is 4. The van der Waals surface area contributed by atoms with Crippen molar-refractivity contribution < 1.29 is 4.74 Å². The van der Waals surface area contributed by atoms with Crippen LogP contribution in [0.3, 0.4) is 0 Å². The van der Waals surface area contributed by atoms with Crippen LogP contribution in [-0.2, 0) is 17.8 Å². The van der Waals surface area contributed by atoms with Gasteiger partial charge in [0.15, 0.2) is 0 Å². The van der Waals surface area contributed by atoms with E-state index in [0.717, 1.165) is 57.0 Å². The number of ether oxygens (including phenoxy) is 1. The highest BCUT2D eigenvalue weighted by molar-refractivity contribution is 5.80. The zero-order valence-corrected chi connectivity index (χ0v) is 15.3. The van der Waals surface area contributed by atoms with Crippen LogP contribution in [-0.4, -0.2) is 51.9 Å². The normalized spacial score (nSPS) is 16.4. The van der Waals surface area contributed by atoms with Crippen molar-refractivity contribution in [1.29, 1.82) is 5.41 Å². The van der Waals surface area contributed by atoms with Gasteiger partial charge >= 0.3 is 0 Å². The third-order valence-corrected chi connectivity index (χ3v) is 4.95. The second kappa shape index (κ2) is 7.07. The smallest absolute Gasteiger partial charge is 0.145 e. The maximum absolute atomic E-state index is 8.59. The Kier molecular flexibility index (Phi) is 5.06. The number of hydrogen-bond acceptors (Lipinski definition) is 4. The van der Waals surface area contributed by atoms with E-state index in [-0.39, 0.29) is 0 Å². The number of fused-ring (bicyclic) bond motifs is 1. The SMILES string of the molecule is Cc1c(C)n(CCN2CCOCC2)c2ncn(CC(C)C)c(=N)c12. The summed E-state index contributed by atoms with van der Waals surface area (Å²) in [5.74, 6) is 0.503. The first-order valence-electron chi connectivity index (χ1n) is 8.88. The molecule has 0 aromatic carbocycles. The van der Waals surface area contributed by atoms with Gasteiger partial charge in [-0.25, -0.2) is 4.98 Å². The van der Waals surface area contributed by atoms with Crippen molar-refractivity contribution in [3.05, 3.63) is 23.1 Å². The highest BCUT2D eigenvalue weighted by Crippen LogP contribution is 2.20. The van der Waals surface area contributed by atoms with Gasteiger partial charge in [-0.15, -0.1) is 0 Å². The number of aryl methyl sites for hydroxylation is 1. The standard InChI is InChI=1S/C18H29N5O/c1-13(2)11-22-12-20-18-16(17(22)19)14(3)15(4)23(18)6-5-21-7-9-24-10-8-21/h12-13,19H,5-11H2,1-4H3. The molecule has 2 aromatic rings. The molecule has 24 heavy (non-hydrogen) atoms. The van der Waals surface area contributed by atoms with Gasteiger partial charge in [0.2, 0.25) is 0 Å². The van der Waals surface area contributed by atoms with Crippen LogP contribution in [0.1, 0.15) is 25.1 Å². The minimum atomic E-state index is 0.503. The summed E-state index contributed by atoms with van der Waals surface area (Å²) in [5.41, 5.74) is 3.94. The number of nitrogens with one attached hydrogen (secondary N) is 1. The molecule has 1 aliphatic rings. The average Bonchev–Trinajstić information content (AvgIpc) is 2.81. The van der Waals surface area contributed by atoms with Gasteiger partial charge in [0.05, 0.1) is 24.9 Å². The molecule has 6 nitrogen and oxygen atoms in total. The molecule has 6 heteroatoms. The summed E-state index contributed by atoms with van der Waals surface area (Å²) in [5, 5.41) is 9.59. The molecule has 1 N–H and O–H groups in total. The van der Waals surface area contributed by atoms with Crippen molar-refractivity contribution in [2.24, 2.45) is 5.92 Å². The monoisotopic (exact) mass is 331 g/mol. The van der Waals surface area contributed by atoms with E-state index in [1.807, 2.05) is 10.9 Å². The van der Waals surface area contributed by atoms with Gasteiger partial charge in [-0.3, -0.25) is 10.3 Å². The number of rotatable bonds is 5. The van der Waals surface area contributed by atoms with E-state index in [1.165, 1.54) is 11.3 Å². The van der Waals surface area contributed by atoms with Crippen LogP contribution in [0.4, 0.5) is 0 Å². The molecule has 1 saturated heterocycles. The molecule has 0 saturated carbocycles. The summed E-state index contributed by atoms with van der Waals surface area (Å²) in [7, 11) is 0. The Labute approximate surface area is 143 Å². The molecule has 132 valence electrons. The summed E-state index contributed by atoms with van der Waals surface area (Å²) in [4.78, 5) is 7.14. The van der Waals surface area contributed by atoms with Crippen molar-refractivity contribution in [2.75, 3.05) is 32.8 Å². The average molecular weight is 331 g/mol. The van der Waals surface area contributed by atoms with Gasteiger partial charge in [-0.2, -0.15) is 0 Å². The Morgan fingerprint density at radius 1 is 1.21 bits per heavy atom. The predicted octanol–water partition coefficient (Wildman–Crippen LogP) is 1.92. The van der Waals surface area contributed by atoms with E-state index in [0.29, 0.717) is 11.4 Å². The van der Waals surface area contributed by atoms with Crippen LogP contribution < -0.4 is 5.49 Å². The summed E-state index contributed by atoms with van der Waals surface area (Å²) in [6, 6.07) is 0. The van der Waals surface area contributed by atoms with Crippen molar-refractivity contribution in [3.63, 3.8) is 0 Å². The molecule has 0 unspecified atom stereocenters. The van der Waals surface area contributed by atoms with Crippen LogP contribution in [0.5, 0.6) is 0 Å². The van der Waals surface area contributed by atoms with Crippen LogP contribution in [0.15, 0.2) is 6.33 Å². The van der Waals surface area contributed by atoms with Gasteiger partial charge in [0.1, 0.15) is 11.1 Å². The molecule has 0 bridgehead atoms. The molecule has 0 radical (unpaired) electrons. The Bertz CT molecular complexity index is 768. The fraction of sp³-hybridized carbons (Fsp3) is 0.667. The zero-order valence-electron chi connectivity index (χ0n) is 15.3. The molecular weight excluding hydrogens is 302 g/mol. The van der Waals surface area contributed by atoms with E-state index < -0.39 is 0 Å². The molecule has 1 fully saturated rings. The lowest BCUT2D eigenvalue weighted by Crippen LogP contribution is -2.38. The number of morpholine rings is 1. The molecule has 3 rings (SSSR count). The van der Waals surface area contributed by atoms with Gasteiger partial charge in [0.25, 0.3) is 0 Å². The van der Waals surface area contributed by atoms with Crippen LogP contribution in [0.25, 0.3) is 11.0 Å². The maximum Gasteiger partial charge on any atom is 0.145 e. The van der Waals surface area contributed by atoms with Gasteiger partial charge in [-0.1, -0.05) is 13.8 Å². The summed E-state index contributed by atoms with van der Waals surface area (Å²) in [6.07, 6.45) is 1.83. The molecule has 0 atom stereocenters. The lowest BCUT2D eigenvalue weighted by atomic mass is 10.2. The first-order chi connectivity index (χ1) is 11.5. The van der Waals surface area contributed by atoms with Gasteiger partial charge in [0, 0.05) is 38.4 Å². The Balaban J connectivity index is 1.92. The predicted molar refractivity (Wildman–Crippen MR) is 95.1 cm³/mol. The van der Waals surface area contributed by atoms with E-state index in [2.05, 4.69) is 37.2 Å². The van der Waals surface area contributed by atoms with Crippen molar-refractivity contribution in [1.82, 2.24) is 19.0 Å². The minimum Gasteiger partial charge on any atom is -0.379 e. The van der Waals surface area contributed by atoms with Crippen LogP contribution >= 0.6 is 0 Å². The Morgan fingerprint density at radius 3 is 2.58 bits per heavy atom. The molecule has 0 spiro atoms. The topological polar surface area (TPSA) is 59.1 Å².